The van der Waals surface area contributed by atoms with Crippen LogP contribution in [0.4, 0.5) is 10.1 Å². The largest absolute Gasteiger partial charge is 0.496 e. The average molecular weight is 601 g/mol. The molecule has 6 rings (SSSR count). The van der Waals surface area contributed by atoms with Gasteiger partial charge in [0, 0.05) is 87.2 Å². The molecule has 230 valence electrons. The van der Waals surface area contributed by atoms with Gasteiger partial charge in [-0.05, 0) is 48.9 Å². The van der Waals surface area contributed by atoms with Crippen molar-refractivity contribution in [2.24, 2.45) is 0 Å². The Morgan fingerprint density at radius 1 is 1.05 bits per heavy atom. The van der Waals surface area contributed by atoms with Gasteiger partial charge in [-0.3, -0.25) is 14.3 Å². The first-order chi connectivity index (χ1) is 21.4. The molecule has 0 atom stereocenters. The van der Waals surface area contributed by atoms with Crippen LogP contribution in [0.1, 0.15) is 28.9 Å². The van der Waals surface area contributed by atoms with Crippen molar-refractivity contribution in [2.45, 2.75) is 19.4 Å². The van der Waals surface area contributed by atoms with Crippen LogP contribution in [0.2, 0.25) is 0 Å². The average Bonchev–Trinajstić information content (AvgIpc) is 3.75. The van der Waals surface area contributed by atoms with E-state index in [1.165, 1.54) is 0 Å². The maximum absolute atomic E-state index is 16.5. The van der Waals surface area contributed by atoms with E-state index in [1.807, 2.05) is 44.4 Å². The Hall–Kier alpha value is -4.71. The smallest absolute Gasteiger partial charge is 0.270 e. The normalized spacial score (nSPS) is 15.9. The Morgan fingerprint density at radius 2 is 1.86 bits per heavy atom. The van der Waals surface area contributed by atoms with Crippen molar-refractivity contribution in [3.05, 3.63) is 65.9 Å². The van der Waals surface area contributed by atoms with E-state index >= 15 is 4.39 Å². The first-order valence-corrected chi connectivity index (χ1v) is 14.9. The predicted octanol–water partition coefficient (Wildman–Crippen LogP) is 3.71. The van der Waals surface area contributed by atoms with Crippen molar-refractivity contribution in [1.29, 1.82) is 0 Å². The fourth-order valence-electron chi connectivity index (χ4n) is 5.95. The van der Waals surface area contributed by atoms with E-state index in [0.717, 1.165) is 35.5 Å². The molecule has 1 saturated heterocycles. The summed E-state index contributed by atoms with van der Waals surface area (Å²) in [5.41, 5.74) is 4.09. The Labute approximate surface area is 255 Å². The van der Waals surface area contributed by atoms with E-state index < -0.39 is 5.82 Å². The molecule has 4 heterocycles. The first kappa shape index (κ1) is 29.4. The van der Waals surface area contributed by atoms with Crippen LogP contribution in [0.3, 0.4) is 0 Å². The Kier molecular flexibility index (Phi) is 8.34. The molecule has 2 aromatic carbocycles. The topological polar surface area (TPSA) is 112 Å². The number of methoxy groups -OCH3 is 1. The molecule has 4 aromatic rings. The third-order valence-electron chi connectivity index (χ3n) is 8.53. The maximum atomic E-state index is 16.5. The zero-order chi connectivity index (χ0) is 30.8. The Morgan fingerprint density at radius 3 is 2.59 bits per heavy atom. The van der Waals surface area contributed by atoms with Gasteiger partial charge in [-0.25, -0.2) is 4.39 Å². The summed E-state index contributed by atoms with van der Waals surface area (Å²) in [7, 11) is 5.47. The molecule has 11 nitrogen and oxygen atoms in total. The minimum atomic E-state index is -0.449. The lowest BCUT2D eigenvalue weighted by Crippen LogP contribution is -2.47. The van der Waals surface area contributed by atoms with E-state index in [1.54, 1.807) is 40.1 Å². The highest BCUT2D eigenvalue weighted by molar-refractivity contribution is 6.05. The van der Waals surface area contributed by atoms with Crippen LogP contribution in [0.15, 0.2) is 48.8 Å². The number of H-pyrrole nitrogens is 1. The number of ether oxygens (including phenoxy) is 1. The van der Waals surface area contributed by atoms with Gasteiger partial charge in [0.25, 0.3) is 5.91 Å². The molecule has 2 amide bonds. The number of hydrogen-bond acceptors (Lipinski definition) is 7. The summed E-state index contributed by atoms with van der Waals surface area (Å²) >= 11 is 0. The second-order valence-corrected chi connectivity index (χ2v) is 11.3. The van der Waals surface area contributed by atoms with Gasteiger partial charge in [-0.1, -0.05) is 11.3 Å². The predicted molar refractivity (Wildman–Crippen MR) is 167 cm³/mol. The quantitative estimate of drug-likeness (QED) is 0.317. The van der Waals surface area contributed by atoms with Crippen LogP contribution in [-0.4, -0.2) is 107 Å². The van der Waals surface area contributed by atoms with Gasteiger partial charge in [0.15, 0.2) is 5.82 Å². The van der Waals surface area contributed by atoms with Crippen molar-refractivity contribution in [2.75, 3.05) is 65.8 Å². The van der Waals surface area contributed by atoms with Crippen LogP contribution >= 0.6 is 0 Å². The number of anilines is 1. The zero-order valence-electron chi connectivity index (χ0n) is 25.3. The number of rotatable bonds is 8. The lowest BCUT2D eigenvalue weighted by molar-refractivity contribution is -0.131. The number of nitrogens with one attached hydrogen (secondary N) is 2. The monoisotopic (exact) mass is 600 g/mol. The Bertz CT molecular complexity index is 1710. The summed E-state index contributed by atoms with van der Waals surface area (Å²) < 4.78 is 23.9. The minimum Gasteiger partial charge on any atom is -0.496 e. The van der Waals surface area contributed by atoms with Gasteiger partial charge in [-0.15, -0.1) is 5.10 Å². The summed E-state index contributed by atoms with van der Waals surface area (Å²) in [6.07, 6.45) is 6.17. The SMILES string of the molecule is CNc1ccc(-c2cc(C3=CCCN(C(=O)CCn4ccnn4)C3)c(F)c3[nH]c(C(=O)N4CCN(C)CC4)cc23)c(OC)c1. The zero-order valence-corrected chi connectivity index (χ0v) is 25.3. The number of carbonyl (C=O) groups is 2. The molecular formula is C32H37FN8O3. The second-order valence-electron chi connectivity index (χ2n) is 11.3. The number of fused-ring (bicyclic) bond motifs is 1. The number of aromatic amines is 1. The van der Waals surface area contributed by atoms with Crippen LogP contribution in [-0.2, 0) is 11.3 Å². The fourth-order valence-corrected chi connectivity index (χ4v) is 5.95. The molecular weight excluding hydrogens is 563 g/mol. The summed E-state index contributed by atoms with van der Waals surface area (Å²) in [5, 5.41) is 11.4. The second kappa shape index (κ2) is 12.5. The van der Waals surface area contributed by atoms with Crippen molar-refractivity contribution in [1.82, 2.24) is 34.7 Å². The molecule has 12 heteroatoms. The van der Waals surface area contributed by atoms with Crippen LogP contribution in [0.5, 0.6) is 5.75 Å². The number of benzene rings is 2. The number of hydrogen-bond donors (Lipinski definition) is 2. The molecule has 0 unspecified atom stereocenters. The van der Waals surface area contributed by atoms with E-state index in [-0.39, 0.29) is 30.3 Å². The van der Waals surface area contributed by atoms with E-state index in [0.29, 0.717) is 55.0 Å². The number of carbonyl (C=O) groups excluding carboxylic acids is 2. The minimum absolute atomic E-state index is 0.0305. The van der Waals surface area contributed by atoms with Gasteiger partial charge in [-0.2, -0.15) is 0 Å². The number of nitrogens with zero attached hydrogens (tertiary/aromatic N) is 6. The number of halogens is 1. The third kappa shape index (κ3) is 5.77. The van der Waals surface area contributed by atoms with Crippen LogP contribution in [0, 0.1) is 5.82 Å². The molecule has 0 bridgehead atoms. The summed E-state index contributed by atoms with van der Waals surface area (Å²) in [5.74, 6) is -0.0154. The van der Waals surface area contributed by atoms with Crippen molar-refractivity contribution >= 4 is 34.0 Å². The number of likely N-dealkylation sites (N-methyl/N-ethyl adjacent to an activating group) is 1. The van der Waals surface area contributed by atoms with Gasteiger partial charge < -0.3 is 29.7 Å². The van der Waals surface area contributed by atoms with Crippen molar-refractivity contribution < 1.29 is 18.7 Å². The van der Waals surface area contributed by atoms with Crippen molar-refractivity contribution in [3.8, 4) is 16.9 Å². The van der Waals surface area contributed by atoms with Gasteiger partial charge in [0.1, 0.15) is 11.4 Å². The highest BCUT2D eigenvalue weighted by atomic mass is 19.1. The summed E-state index contributed by atoms with van der Waals surface area (Å²) in [4.78, 5) is 35.5. The summed E-state index contributed by atoms with van der Waals surface area (Å²) in [6.45, 7) is 4.05. The number of aryl methyl sites for hydroxylation is 1. The summed E-state index contributed by atoms with van der Waals surface area (Å²) in [6, 6.07) is 9.33. The molecule has 44 heavy (non-hydrogen) atoms. The number of aromatic nitrogens is 4. The van der Waals surface area contributed by atoms with E-state index in [4.69, 9.17) is 4.74 Å². The molecule has 0 saturated carbocycles. The molecule has 2 aliphatic rings. The van der Waals surface area contributed by atoms with Gasteiger partial charge in [0.2, 0.25) is 5.91 Å². The molecule has 1 fully saturated rings. The first-order valence-electron chi connectivity index (χ1n) is 14.9. The van der Waals surface area contributed by atoms with Crippen LogP contribution < -0.4 is 10.1 Å². The highest BCUT2D eigenvalue weighted by Gasteiger charge is 2.27. The Balaban J connectivity index is 1.39. The highest BCUT2D eigenvalue weighted by Crippen LogP contribution is 2.41. The van der Waals surface area contributed by atoms with E-state index in [9.17, 15) is 9.59 Å². The lowest BCUT2D eigenvalue weighted by atomic mass is 9.92. The molecule has 0 spiro atoms. The van der Waals surface area contributed by atoms with E-state index in [2.05, 4.69) is 25.5 Å². The van der Waals surface area contributed by atoms with Gasteiger partial charge >= 0.3 is 0 Å². The lowest BCUT2D eigenvalue weighted by Gasteiger charge is -2.32. The van der Waals surface area contributed by atoms with Gasteiger partial charge in [0.05, 0.1) is 25.4 Å². The number of amides is 2. The fraction of sp³-hybridized carbons (Fsp3) is 0.375. The molecule has 2 N–H and O–H groups in total. The molecule has 2 aromatic heterocycles. The van der Waals surface area contributed by atoms with Crippen molar-refractivity contribution in [3.63, 3.8) is 0 Å². The molecule has 0 aliphatic carbocycles. The van der Waals surface area contributed by atoms with Crippen LogP contribution in [0.25, 0.3) is 27.6 Å². The number of piperazine rings is 1. The molecule has 2 aliphatic heterocycles. The maximum Gasteiger partial charge on any atom is 0.270 e. The standard InChI is InChI=1S/C32H37FN8O3/c1-34-22-6-7-23(28(17-22)44-3)25-18-24(21-5-4-10-40(20-21)29(42)8-11-41-12-9-35-37-41)30(33)31-26(25)19-27(36-31)32(43)39-15-13-38(2)14-16-39/h5-7,9,12,17-19,34,36H,4,8,10-11,13-16,20H2,1-3H3. The molecule has 0 radical (unpaired) electrons. The third-order valence-corrected chi connectivity index (χ3v) is 8.53.